The van der Waals surface area contributed by atoms with Gasteiger partial charge in [0.05, 0.1) is 0 Å². The molecule has 1 fully saturated rings. The van der Waals surface area contributed by atoms with Crippen molar-refractivity contribution in [3.8, 4) is 0 Å². The fourth-order valence-electron chi connectivity index (χ4n) is 3.05. The minimum absolute atomic E-state index is 0.237. The van der Waals surface area contributed by atoms with Crippen molar-refractivity contribution >= 4 is 51.4 Å². The van der Waals surface area contributed by atoms with Gasteiger partial charge < -0.3 is 25.9 Å². The number of carbonyl (C=O) groups is 1. The van der Waals surface area contributed by atoms with Gasteiger partial charge in [-0.2, -0.15) is 18.2 Å². The first kappa shape index (κ1) is 20.9. The molecule has 5 N–H and O–H groups in total. The molecule has 0 spiro atoms. The predicted octanol–water partition coefficient (Wildman–Crippen LogP) is 3.03. The molecule has 0 saturated carbocycles. The van der Waals surface area contributed by atoms with Gasteiger partial charge in [-0.1, -0.05) is 11.6 Å². The van der Waals surface area contributed by atoms with E-state index in [9.17, 15) is 13.2 Å². The number of alkyl halides is 3. The number of hydrogen-bond acceptors (Lipinski definition) is 7. The maximum Gasteiger partial charge on any atom is 0.490 e. The molecule has 4 rings (SSSR count). The topological polar surface area (TPSA) is 132 Å². The molecule has 1 aliphatic heterocycles. The molecule has 0 amide bonds. The van der Waals surface area contributed by atoms with Crippen molar-refractivity contribution in [2.45, 2.75) is 12.6 Å². The quantitative estimate of drug-likeness (QED) is 0.564. The van der Waals surface area contributed by atoms with Gasteiger partial charge in [-0.3, -0.25) is 0 Å². The van der Waals surface area contributed by atoms with Crippen LogP contribution >= 0.6 is 11.6 Å². The lowest BCUT2D eigenvalue weighted by molar-refractivity contribution is -0.192. The maximum atomic E-state index is 10.6. The predicted molar refractivity (Wildman–Crippen MR) is 102 cm³/mol. The minimum Gasteiger partial charge on any atom is -0.475 e. The molecule has 2 aromatic heterocycles. The monoisotopic (exact) mass is 431 g/mol. The van der Waals surface area contributed by atoms with Crippen LogP contribution in [0.15, 0.2) is 22.6 Å². The van der Waals surface area contributed by atoms with Crippen molar-refractivity contribution in [1.29, 1.82) is 0 Å². The summed E-state index contributed by atoms with van der Waals surface area (Å²) in [7, 11) is 0. The molecule has 3 heterocycles. The Labute approximate surface area is 167 Å². The van der Waals surface area contributed by atoms with E-state index in [1.54, 1.807) is 6.07 Å². The third-order valence-corrected chi connectivity index (χ3v) is 4.67. The largest absolute Gasteiger partial charge is 0.490 e. The summed E-state index contributed by atoms with van der Waals surface area (Å²) in [4.78, 5) is 19.8. The molecule has 0 radical (unpaired) electrons. The van der Waals surface area contributed by atoms with Gasteiger partial charge in [-0.25, -0.2) is 9.78 Å². The first-order valence-corrected chi connectivity index (χ1v) is 8.88. The molecule has 0 aliphatic carbocycles. The number of aromatic nitrogens is 2. The van der Waals surface area contributed by atoms with Crippen LogP contribution in [0.25, 0.3) is 22.1 Å². The molecule has 1 aliphatic rings. The van der Waals surface area contributed by atoms with Crippen LogP contribution in [0.4, 0.5) is 24.9 Å². The van der Waals surface area contributed by atoms with Crippen molar-refractivity contribution in [2.24, 2.45) is 11.7 Å². The Kier molecular flexibility index (Phi) is 5.71. The Balaban J connectivity index is 0.000000298. The number of halogens is 4. The van der Waals surface area contributed by atoms with Crippen molar-refractivity contribution in [3.05, 3.63) is 23.2 Å². The summed E-state index contributed by atoms with van der Waals surface area (Å²) in [6.45, 7) is 2.43. The second-order valence-electron chi connectivity index (χ2n) is 6.47. The lowest BCUT2D eigenvalue weighted by Gasteiger charge is -2.17. The van der Waals surface area contributed by atoms with E-state index in [1.165, 1.54) is 0 Å². The second kappa shape index (κ2) is 7.91. The van der Waals surface area contributed by atoms with Gasteiger partial charge in [0, 0.05) is 23.5 Å². The van der Waals surface area contributed by atoms with Crippen molar-refractivity contribution < 1.29 is 27.5 Å². The number of nitrogen functional groups attached to an aromatic ring is 1. The number of carboxylic acids is 1. The maximum absolute atomic E-state index is 10.6. The van der Waals surface area contributed by atoms with Gasteiger partial charge in [0.1, 0.15) is 11.1 Å². The van der Waals surface area contributed by atoms with Crippen LogP contribution in [0, 0.1) is 5.92 Å². The number of benzene rings is 1. The summed E-state index contributed by atoms with van der Waals surface area (Å²) in [6.07, 6.45) is -4.03. The zero-order valence-electron chi connectivity index (χ0n) is 14.9. The van der Waals surface area contributed by atoms with Crippen LogP contribution in [0.1, 0.15) is 6.42 Å². The van der Waals surface area contributed by atoms with Crippen LogP contribution in [0.2, 0.25) is 5.02 Å². The molecule has 156 valence electrons. The van der Waals surface area contributed by atoms with Crippen LogP contribution in [-0.4, -0.2) is 46.9 Å². The van der Waals surface area contributed by atoms with E-state index in [-0.39, 0.29) is 5.95 Å². The van der Waals surface area contributed by atoms with Gasteiger partial charge in [0.2, 0.25) is 5.95 Å². The number of rotatable bonds is 2. The first-order chi connectivity index (χ1) is 13.6. The number of carboxylic acid groups (broad SMARTS) is 1. The zero-order chi connectivity index (χ0) is 21.3. The Morgan fingerprint density at radius 2 is 2.07 bits per heavy atom. The van der Waals surface area contributed by atoms with Gasteiger partial charge >= 0.3 is 12.1 Å². The Morgan fingerprint density at radius 1 is 1.38 bits per heavy atom. The highest BCUT2D eigenvalue weighted by Crippen LogP contribution is 2.36. The number of nitrogens with two attached hydrogens (primary N) is 2. The Bertz CT molecular complexity index is 1060. The Morgan fingerprint density at radius 3 is 2.66 bits per heavy atom. The number of fused-ring (bicyclic) bond motifs is 3. The van der Waals surface area contributed by atoms with Gasteiger partial charge in [0.25, 0.3) is 0 Å². The fraction of sp³-hybridized carbons (Fsp3) is 0.353. The van der Waals surface area contributed by atoms with Crippen molar-refractivity contribution in [2.75, 3.05) is 30.3 Å². The molecule has 29 heavy (non-hydrogen) atoms. The first-order valence-electron chi connectivity index (χ1n) is 8.50. The summed E-state index contributed by atoms with van der Waals surface area (Å²) in [5, 5.41) is 8.62. The van der Waals surface area contributed by atoms with Crippen molar-refractivity contribution in [3.63, 3.8) is 0 Å². The third kappa shape index (κ3) is 4.46. The van der Waals surface area contributed by atoms with E-state index >= 15 is 0 Å². The molecule has 8 nitrogen and oxygen atoms in total. The van der Waals surface area contributed by atoms with E-state index in [0.717, 1.165) is 36.3 Å². The number of aliphatic carboxylic acids is 1. The zero-order valence-corrected chi connectivity index (χ0v) is 15.7. The molecule has 1 aromatic carbocycles. The lowest BCUT2D eigenvalue weighted by Crippen LogP contribution is -2.24. The van der Waals surface area contributed by atoms with Crippen LogP contribution in [0.5, 0.6) is 0 Å². The average molecular weight is 432 g/mol. The highest BCUT2D eigenvalue weighted by molar-refractivity contribution is 6.31. The van der Waals surface area contributed by atoms with E-state index in [0.29, 0.717) is 28.6 Å². The van der Waals surface area contributed by atoms with Crippen LogP contribution < -0.4 is 16.4 Å². The molecular weight excluding hydrogens is 415 g/mol. The number of anilines is 2. The average Bonchev–Trinajstić information content (AvgIpc) is 3.25. The SMILES string of the molecule is NCC1CCN(c2nc(N)nc3c2oc2ccc(Cl)cc23)C1.O=C(O)C(F)(F)F. The number of hydrogen-bond donors (Lipinski definition) is 3. The normalized spacial score (nSPS) is 16.9. The molecule has 12 heteroatoms. The van der Waals surface area contributed by atoms with E-state index in [1.807, 2.05) is 12.1 Å². The summed E-state index contributed by atoms with van der Waals surface area (Å²) in [5.74, 6) is -1.30. The molecule has 1 atom stereocenters. The highest BCUT2D eigenvalue weighted by atomic mass is 35.5. The summed E-state index contributed by atoms with van der Waals surface area (Å²) >= 11 is 6.08. The molecule has 1 unspecified atom stereocenters. The summed E-state index contributed by atoms with van der Waals surface area (Å²) in [6, 6.07) is 5.47. The van der Waals surface area contributed by atoms with Crippen molar-refractivity contribution in [1.82, 2.24) is 9.97 Å². The standard InChI is InChI=1S/C15H16ClN5O.C2HF3O2/c16-9-1-2-11-10(5-9)12-13(22-11)14(20-15(18)19-12)21-4-3-8(6-17)7-21;3-2(4,5)1(6)7/h1-2,5,8H,3-4,6-7,17H2,(H2,18,19,20);(H,6,7). The third-order valence-electron chi connectivity index (χ3n) is 4.43. The van der Waals surface area contributed by atoms with Gasteiger partial charge in [0.15, 0.2) is 11.4 Å². The lowest BCUT2D eigenvalue weighted by atomic mass is 10.1. The smallest absolute Gasteiger partial charge is 0.475 e. The molecule has 1 saturated heterocycles. The molecule has 3 aromatic rings. The molecule has 0 bridgehead atoms. The minimum atomic E-state index is -5.08. The van der Waals surface area contributed by atoms with Crippen LogP contribution in [0.3, 0.4) is 0 Å². The summed E-state index contributed by atoms with van der Waals surface area (Å²) in [5.41, 5.74) is 13.8. The number of furan rings is 1. The van der Waals surface area contributed by atoms with E-state index in [4.69, 9.17) is 37.4 Å². The second-order valence-corrected chi connectivity index (χ2v) is 6.90. The van der Waals surface area contributed by atoms with Gasteiger partial charge in [-0.15, -0.1) is 0 Å². The van der Waals surface area contributed by atoms with E-state index < -0.39 is 12.1 Å². The van der Waals surface area contributed by atoms with E-state index in [2.05, 4.69) is 14.9 Å². The summed E-state index contributed by atoms with van der Waals surface area (Å²) < 4.78 is 37.7. The Hall–Kier alpha value is -2.79. The fourth-order valence-corrected chi connectivity index (χ4v) is 3.22. The molecular formula is C17H17ClF3N5O3. The number of nitrogens with zero attached hydrogens (tertiary/aromatic N) is 3. The van der Waals surface area contributed by atoms with Crippen LogP contribution in [-0.2, 0) is 4.79 Å². The highest BCUT2D eigenvalue weighted by Gasteiger charge is 2.38. The van der Waals surface area contributed by atoms with Gasteiger partial charge in [-0.05, 0) is 37.1 Å².